The van der Waals surface area contributed by atoms with E-state index in [4.69, 9.17) is 10.0 Å². The fraction of sp³-hybridized carbons (Fsp3) is 0.455. The Morgan fingerprint density at radius 2 is 1.87 bits per heavy atom. The van der Waals surface area contributed by atoms with E-state index in [1.54, 1.807) is 6.07 Å². The van der Waals surface area contributed by atoms with Crippen molar-refractivity contribution in [3.8, 4) is 0 Å². The van der Waals surface area contributed by atoms with E-state index in [1.165, 1.54) is 11.1 Å². The maximum atomic E-state index is 9.08. The molecule has 4 heteroatoms. The Hall–Kier alpha value is -0.835. The number of hydrogen-bond donors (Lipinski definition) is 2. The Bertz CT molecular complexity index is 366. The van der Waals surface area contributed by atoms with Gasteiger partial charge in [-0.15, -0.1) is 0 Å². The van der Waals surface area contributed by atoms with Crippen LogP contribution in [0.15, 0.2) is 18.2 Å². The summed E-state index contributed by atoms with van der Waals surface area (Å²) in [5, 5.41) is 18.2. The molecule has 2 N–H and O–H groups in total. The Morgan fingerprint density at radius 3 is 2.47 bits per heavy atom. The van der Waals surface area contributed by atoms with Crippen LogP contribution in [0.3, 0.4) is 0 Å². The zero-order valence-corrected chi connectivity index (χ0v) is 9.14. The number of likely N-dealkylation sites (N-methyl/N-ethyl adjacent to an activating group) is 1. The van der Waals surface area contributed by atoms with E-state index in [1.807, 2.05) is 12.1 Å². The Morgan fingerprint density at radius 1 is 1.20 bits per heavy atom. The number of hydrogen-bond acceptors (Lipinski definition) is 3. The molecule has 0 spiro atoms. The van der Waals surface area contributed by atoms with Gasteiger partial charge in [-0.05, 0) is 43.5 Å². The SMILES string of the molecule is CN(C)[C@H]1Cc2ccc(B(O)O)cc2C1. The molecule has 0 aromatic heterocycles. The van der Waals surface area contributed by atoms with Crippen molar-refractivity contribution < 1.29 is 10.0 Å². The molecule has 1 aromatic rings. The van der Waals surface area contributed by atoms with Gasteiger partial charge >= 0.3 is 7.12 Å². The minimum Gasteiger partial charge on any atom is -0.423 e. The highest BCUT2D eigenvalue weighted by Gasteiger charge is 2.24. The molecule has 0 radical (unpaired) electrons. The standard InChI is InChI=1S/C11H16BNO2/c1-13(2)11-6-8-3-4-10(12(14)15)5-9(8)7-11/h3-5,11,14-15H,6-7H2,1-2H3/t11-/m0/s1. The van der Waals surface area contributed by atoms with Crippen LogP contribution in [0.25, 0.3) is 0 Å². The molecule has 0 unspecified atom stereocenters. The molecule has 3 nitrogen and oxygen atoms in total. The van der Waals surface area contributed by atoms with Gasteiger partial charge in [-0.3, -0.25) is 0 Å². The first-order chi connectivity index (χ1) is 7.08. The summed E-state index contributed by atoms with van der Waals surface area (Å²) in [5.41, 5.74) is 3.17. The first-order valence-electron chi connectivity index (χ1n) is 5.22. The number of rotatable bonds is 2. The van der Waals surface area contributed by atoms with Crippen molar-refractivity contribution in [1.29, 1.82) is 0 Å². The minimum atomic E-state index is -1.35. The average Bonchev–Trinajstić information content (AvgIpc) is 2.59. The molecule has 1 aromatic carbocycles. The van der Waals surface area contributed by atoms with Crippen molar-refractivity contribution in [2.75, 3.05) is 14.1 Å². The van der Waals surface area contributed by atoms with E-state index in [-0.39, 0.29) is 0 Å². The molecule has 0 saturated carbocycles. The molecular formula is C11H16BNO2. The highest BCUT2D eigenvalue weighted by molar-refractivity contribution is 6.58. The van der Waals surface area contributed by atoms with Crippen molar-refractivity contribution in [2.45, 2.75) is 18.9 Å². The topological polar surface area (TPSA) is 43.7 Å². The Kier molecular flexibility index (Phi) is 2.82. The Balaban J connectivity index is 2.24. The second-order valence-electron chi connectivity index (χ2n) is 4.43. The molecule has 1 atom stereocenters. The molecule has 0 aliphatic heterocycles. The predicted molar refractivity (Wildman–Crippen MR) is 61.2 cm³/mol. The summed E-state index contributed by atoms with van der Waals surface area (Å²) in [6.07, 6.45) is 2.06. The lowest BCUT2D eigenvalue weighted by Crippen LogP contribution is -2.30. The lowest BCUT2D eigenvalue weighted by Gasteiger charge is -2.17. The van der Waals surface area contributed by atoms with E-state index < -0.39 is 7.12 Å². The zero-order valence-electron chi connectivity index (χ0n) is 9.14. The fourth-order valence-electron chi connectivity index (χ4n) is 2.14. The second kappa shape index (κ2) is 3.97. The first kappa shape index (κ1) is 10.7. The molecule has 0 saturated heterocycles. The Labute approximate surface area is 90.5 Å². The lowest BCUT2D eigenvalue weighted by atomic mass is 9.79. The van der Waals surface area contributed by atoms with Gasteiger partial charge in [-0.1, -0.05) is 18.2 Å². The van der Waals surface area contributed by atoms with Crippen molar-refractivity contribution in [2.24, 2.45) is 0 Å². The maximum absolute atomic E-state index is 9.08. The van der Waals surface area contributed by atoms with E-state index in [2.05, 4.69) is 19.0 Å². The summed E-state index contributed by atoms with van der Waals surface area (Å²) in [6.45, 7) is 0. The van der Waals surface area contributed by atoms with Crippen molar-refractivity contribution in [3.63, 3.8) is 0 Å². The quantitative estimate of drug-likeness (QED) is 0.633. The third kappa shape index (κ3) is 2.07. The number of nitrogens with zero attached hydrogens (tertiary/aromatic N) is 1. The van der Waals surface area contributed by atoms with Gasteiger partial charge in [0.1, 0.15) is 0 Å². The third-order valence-electron chi connectivity index (χ3n) is 3.17. The summed E-state index contributed by atoms with van der Waals surface area (Å²) in [7, 11) is 2.81. The van der Waals surface area contributed by atoms with Crippen molar-refractivity contribution in [3.05, 3.63) is 29.3 Å². The molecule has 15 heavy (non-hydrogen) atoms. The highest BCUT2D eigenvalue weighted by atomic mass is 16.4. The van der Waals surface area contributed by atoms with Gasteiger partial charge in [-0.25, -0.2) is 0 Å². The fourth-order valence-corrected chi connectivity index (χ4v) is 2.14. The highest BCUT2D eigenvalue weighted by Crippen LogP contribution is 2.23. The van der Waals surface area contributed by atoms with Gasteiger partial charge in [0.05, 0.1) is 0 Å². The summed E-state index contributed by atoms with van der Waals surface area (Å²) in [5.74, 6) is 0. The molecule has 1 aliphatic rings. The van der Waals surface area contributed by atoms with Crippen LogP contribution in [0.5, 0.6) is 0 Å². The summed E-state index contributed by atoms with van der Waals surface area (Å²) in [4.78, 5) is 2.22. The van der Waals surface area contributed by atoms with Gasteiger partial charge in [0, 0.05) is 6.04 Å². The van der Waals surface area contributed by atoms with Crippen LogP contribution < -0.4 is 5.46 Å². The van der Waals surface area contributed by atoms with Gasteiger partial charge < -0.3 is 14.9 Å². The second-order valence-corrected chi connectivity index (χ2v) is 4.43. The maximum Gasteiger partial charge on any atom is 0.488 e. The average molecular weight is 205 g/mol. The van der Waals surface area contributed by atoms with Crippen LogP contribution in [0.4, 0.5) is 0 Å². The van der Waals surface area contributed by atoms with E-state index in [0.29, 0.717) is 11.5 Å². The molecule has 1 aliphatic carbocycles. The van der Waals surface area contributed by atoms with Crippen LogP contribution in [0.2, 0.25) is 0 Å². The normalized spacial score (nSPS) is 19.4. The monoisotopic (exact) mass is 205 g/mol. The van der Waals surface area contributed by atoms with Crippen molar-refractivity contribution >= 4 is 12.6 Å². The number of fused-ring (bicyclic) bond motifs is 1. The van der Waals surface area contributed by atoms with E-state index in [9.17, 15) is 0 Å². The predicted octanol–water partition coefficient (Wildman–Crippen LogP) is -0.605. The molecular weight excluding hydrogens is 189 g/mol. The van der Waals surface area contributed by atoms with Crippen molar-refractivity contribution in [1.82, 2.24) is 4.90 Å². The molecule has 2 rings (SSSR count). The van der Waals surface area contributed by atoms with Gasteiger partial charge in [0.15, 0.2) is 0 Å². The van der Waals surface area contributed by atoms with Gasteiger partial charge in [0.2, 0.25) is 0 Å². The summed E-state index contributed by atoms with van der Waals surface area (Å²) < 4.78 is 0. The third-order valence-corrected chi connectivity index (χ3v) is 3.17. The van der Waals surface area contributed by atoms with Crippen LogP contribution in [0, 0.1) is 0 Å². The van der Waals surface area contributed by atoms with E-state index >= 15 is 0 Å². The molecule has 0 fully saturated rings. The zero-order chi connectivity index (χ0) is 11.0. The molecule has 80 valence electrons. The van der Waals surface area contributed by atoms with Crippen LogP contribution in [0.1, 0.15) is 11.1 Å². The minimum absolute atomic E-state index is 0.547. The summed E-state index contributed by atoms with van der Waals surface area (Å²) >= 11 is 0. The summed E-state index contributed by atoms with van der Waals surface area (Å²) in [6, 6.07) is 6.25. The van der Waals surface area contributed by atoms with Crippen LogP contribution in [-0.4, -0.2) is 42.2 Å². The van der Waals surface area contributed by atoms with Gasteiger partial charge in [0.25, 0.3) is 0 Å². The molecule has 0 heterocycles. The van der Waals surface area contributed by atoms with Gasteiger partial charge in [-0.2, -0.15) is 0 Å². The first-order valence-corrected chi connectivity index (χ1v) is 5.22. The van der Waals surface area contributed by atoms with Crippen LogP contribution >= 0.6 is 0 Å². The molecule has 0 amide bonds. The number of benzene rings is 1. The lowest BCUT2D eigenvalue weighted by molar-refractivity contribution is 0.303. The largest absolute Gasteiger partial charge is 0.488 e. The van der Waals surface area contributed by atoms with Crippen LogP contribution in [-0.2, 0) is 12.8 Å². The smallest absolute Gasteiger partial charge is 0.423 e. The van der Waals surface area contributed by atoms with E-state index in [0.717, 1.165) is 12.8 Å². The molecule has 0 bridgehead atoms.